The summed E-state index contributed by atoms with van der Waals surface area (Å²) in [5.74, 6) is 0.575. The van der Waals surface area contributed by atoms with Crippen molar-refractivity contribution < 1.29 is 4.79 Å². The second-order valence-corrected chi connectivity index (χ2v) is 7.24. The van der Waals surface area contributed by atoms with Crippen molar-refractivity contribution in [2.75, 3.05) is 11.4 Å². The Balaban J connectivity index is 2.03. The van der Waals surface area contributed by atoms with Gasteiger partial charge in [0.15, 0.2) is 0 Å². The third kappa shape index (κ3) is 2.73. The summed E-state index contributed by atoms with van der Waals surface area (Å²) in [4.78, 5) is 17.3. The van der Waals surface area contributed by atoms with E-state index in [1.54, 1.807) is 11.3 Å². The van der Waals surface area contributed by atoms with E-state index in [0.717, 1.165) is 34.7 Å². The van der Waals surface area contributed by atoms with Crippen molar-refractivity contribution in [1.29, 1.82) is 0 Å². The van der Waals surface area contributed by atoms with E-state index in [9.17, 15) is 4.79 Å². The summed E-state index contributed by atoms with van der Waals surface area (Å²) in [5, 5.41) is 0. The zero-order valence-corrected chi connectivity index (χ0v) is 14.1. The molecule has 2 heterocycles. The summed E-state index contributed by atoms with van der Waals surface area (Å²) in [6.07, 6.45) is 3.09. The number of carbonyl (C=O) groups excluding carboxylic acids is 1. The van der Waals surface area contributed by atoms with Crippen LogP contribution in [0.2, 0.25) is 0 Å². The molecule has 0 N–H and O–H groups in total. The molecule has 0 atom stereocenters. The van der Waals surface area contributed by atoms with Crippen LogP contribution in [0.25, 0.3) is 11.6 Å². The molecule has 0 saturated carbocycles. The van der Waals surface area contributed by atoms with E-state index in [4.69, 9.17) is 0 Å². The zero-order chi connectivity index (χ0) is 15.7. The van der Waals surface area contributed by atoms with Gasteiger partial charge < -0.3 is 4.90 Å². The Morgan fingerprint density at radius 2 is 1.95 bits per heavy atom. The number of carbonyl (C=O) groups is 1. The van der Waals surface area contributed by atoms with Crippen LogP contribution in [0, 0.1) is 5.92 Å². The third-order valence-electron chi connectivity index (χ3n) is 3.83. The van der Waals surface area contributed by atoms with E-state index < -0.39 is 0 Å². The molecule has 0 aliphatic carbocycles. The number of amides is 1. The molecule has 2 nitrogen and oxygen atoms in total. The number of benzene rings is 1. The van der Waals surface area contributed by atoms with Gasteiger partial charge in [0.25, 0.3) is 5.91 Å². The van der Waals surface area contributed by atoms with Gasteiger partial charge in [-0.1, -0.05) is 39.0 Å². The molecule has 0 spiro atoms. The van der Waals surface area contributed by atoms with Crippen LogP contribution in [0.1, 0.15) is 36.1 Å². The minimum absolute atomic E-state index is 0.126. The molecule has 0 unspecified atom stereocenters. The zero-order valence-electron chi connectivity index (χ0n) is 13.3. The van der Waals surface area contributed by atoms with Crippen molar-refractivity contribution in [2.24, 2.45) is 5.92 Å². The molecular formula is C19H21NOS. The smallest absolute Gasteiger partial charge is 0.259 e. The highest BCUT2D eigenvalue weighted by atomic mass is 32.1. The molecule has 22 heavy (non-hydrogen) atoms. The SMILES string of the molecule is CCc1ccc(/C=C2\C(=O)N(CC(C)C)c3ccccc32)s1. The molecule has 3 heteroatoms. The molecule has 1 aliphatic heterocycles. The predicted octanol–water partition coefficient (Wildman–Crippen LogP) is 4.85. The van der Waals surface area contributed by atoms with Crippen LogP contribution < -0.4 is 4.90 Å². The predicted molar refractivity (Wildman–Crippen MR) is 95.2 cm³/mol. The van der Waals surface area contributed by atoms with Crippen LogP contribution in [0.5, 0.6) is 0 Å². The van der Waals surface area contributed by atoms with E-state index in [-0.39, 0.29) is 5.91 Å². The molecule has 1 aliphatic rings. The average Bonchev–Trinajstić information content (AvgIpc) is 3.06. The van der Waals surface area contributed by atoms with Crippen molar-refractivity contribution in [3.05, 3.63) is 51.7 Å². The fourth-order valence-corrected chi connectivity index (χ4v) is 3.69. The third-order valence-corrected chi connectivity index (χ3v) is 5.00. The molecule has 3 rings (SSSR count). The molecule has 2 aromatic rings. The fraction of sp³-hybridized carbons (Fsp3) is 0.316. The molecule has 1 aromatic carbocycles. The van der Waals surface area contributed by atoms with Gasteiger partial charge in [0.1, 0.15) is 0 Å². The highest BCUT2D eigenvalue weighted by Gasteiger charge is 2.32. The topological polar surface area (TPSA) is 20.3 Å². The van der Waals surface area contributed by atoms with Crippen molar-refractivity contribution in [3.63, 3.8) is 0 Å². The van der Waals surface area contributed by atoms with E-state index in [2.05, 4.69) is 32.9 Å². The van der Waals surface area contributed by atoms with Crippen LogP contribution in [0.15, 0.2) is 36.4 Å². The lowest BCUT2D eigenvalue weighted by Gasteiger charge is -2.19. The Morgan fingerprint density at radius 1 is 1.18 bits per heavy atom. The van der Waals surface area contributed by atoms with Crippen LogP contribution in [0.4, 0.5) is 5.69 Å². The first kappa shape index (κ1) is 15.0. The van der Waals surface area contributed by atoms with Crippen LogP contribution in [-0.4, -0.2) is 12.5 Å². The first-order chi connectivity index (χ1) is 10.6. The normalized spacial score (nSPS) is 15.9. The van der Waals surface area contributed by atoms with Gasteiger partial charge in [-0.05, 0) is 36.6 Å². The van der Waals surface area contributed by atoms with E-state index >= 15 is 0 Å². The van der Waals surface area contributed by atoms with E-state index in [1.165, 1.54) is 4.88 Å². The molecular weight excluding hydrogens is 290 g/mol. The number of nitrogens with zero attached hydrogens (tertiary/aromatic N) is 1. The fourth-order valence-electron chi connectivity index (χ4n) is 2.80. The largest absolute Gasteiger partial charge is 0.307 e. The maximum atomic E-state index is 12.8. The van der Waals surface area contributed by atoms with Gasteiger partial charge in [-0.25, -0.2) is 0 Å². The minimum Gasteiger partial charge on any atom is -0.307 e. The molecule has 1 aromatic heterocycles. The Hall–Kier alpha value is -1.87. The standard InChI is InChI=1S/C19H21NOS/c1-4-14-9-10-15(22-14)11-17-16-7-5-6-8-18(16)20(19(17)21)12-13(2)3/h5-11,13H,4,12H2,1-3H3/b17-11-. The maximum absolute atomic E-state index is 12.8. The lowest BCUT2D eigenvalue weighted by Crippen LogP contribution is -2.30. The lowest BCUT2D eigenvalue weighted by molar-refractivity contribution is -0.113. The van der Waals surface area contributed by atoms with Crippen molar-refractivity contribution in [3.8, 4) is 0 Å². The quantitative estimate of drug-likeness (QED) is 0.739. The highest BCUT2D eigenvalue weighted by Crippen LogP contribution is 2.38. The monoisotopic (exact) mass is 311 g/mol. The number of anilines is 1. The van der Waals surface area contributed by atoms with Gasteiger partial charge in [0.05, 0.1) is 11.3 Å². The number of hydrogen-bond acceptors (Lipinski definition) is 2. The number of hydrogen-bond donors (Lipinski definition) is 0. The van der Waals surface area contributed by atoms with Crippen LogP contribution >= 0.6 is 11.3 Å². The summed E-state index contributed by atoms with van der Waals surface area (Å²) in [6, 6.07) is 12.4. The van der Waals surface area contributed by atoms with Crippen molar-refractivity contribution in [1.82, 2.24) is 0 Å². The second-order valence-electron chi connectivity index (χ2n) is 6.04. The van der Waals surface area contributed by atoms with Gasteiger partial charge in [-0.2, -0.15) is 0 Å². The van der Waals surface area contributed by atoms with Gasteiger partial charge in [0.2, 0.25) is 0 Å². The first-order valence-corrected chi connectivity index (χ1v) is 8.63. The summed E-state index contributed by atoms with van der Waals surface area (Å²) >= 11 is 1.76. The van der Waals surface area contributed by atoms with E-state index in [0.29, 0.717) is 5.92 Å². The second kappa shape index (κ2) is 6.09. The Labute approximate surface area is 136 Å². The summed E-state index contributed by atoms with van der Waals surface area (Å²) < 4.78 is 0. The molecule has 0 saturated heterocycles. The van der Waals surface area contributed by atoms with Crippen LogP contribution in [0.3, 0.4) is 0 Å². The number of para-hydroxylation sites is 1. The summed E-state index contributed by atoms with van der Waals surface area (Å²) in [7, 11) is 0. The maximum Gasteiger partial charge on any atom is 0.259 e. The van der Waals surface area contributed by atoms with E-state index in [1.807, 2.05) is 35.2 Å². The van der Waals surface area contributed by atoms with Gasteiger partial charge in [0, 0.05) is 21.9 Å². The summed E-state index contributed by atoms with van der Waals surface area (Å²) in [6.45, 7) is 7.20. The Bertz CT molecular complexity index is 727. The van der Waals surface area contributed by atoms with Gasteiger partial charge >= 0.3 is 0 Å². The molecule has 0 bridgehead atoms. The van der Waals surface area contributed by atoms with Gasteiger partial charge in [-0.15, -0.1) is 11.3 Å². The molecule has 0 fully saturated rings. The molecule has 114 valence electrons. The number of thiophene rings is 1. The number of aryl methyl sites for hydroxylation is 1. The lowest BCUT2D eigenvalue weighted by atomic mass is 10.1. The minimum atomic E-state index is 0.126. The molecule has 0 radical (unpaired) electrons. The average molecular weight is 311 g/mol. The van der Waals surface area contributed by atoms with Crippen molar-refractivity contribution >= 4 is 34.6 Å². The highest BCUT2D eigenvalue weighted by molar-refractivity contribution is 7.13. The number of fused-ring (bicyclic) bond motifs is 1. The first-order valence-electron chi connectivity index (χ1n) is 7.81. The number of rotatable bonds is 4. The Morgan fingerprint density at radius 3 is 2.64 bits per heavy atom. The molecule has 1 amide bonds. The Kier molecular flexibility index (Phi) is 4.16. The summed E-state index contributed by atoms with van der Waals surface area (Å²) in [5.41, 5.74) is 2.92. The van der Waals surface area contributed by atoms with Gasteiger partial charge in [-0.3, -0.25) is 4.79 Å². The van der Waals surface area contributed by atoms with Crippen molar-refractivity contribution in [2.45, 2.75) is 27.2 Å². The van der Waals surface area contributed by atoms with Crippen LogP contribution in [-0.2, 0) is 11.2 Å².